The van der Waals surface area contributed by atoms with Crippen molar-refractivity contribution in [3.8, 4) is 11.3 Å². The first-order valence-electron chi connectivity index (χ1n) is 8.84. The third-order valence-electron chi connectivity index (χ3n) is 4.52. The van der Waals surface area contributed by atoms with Gasteiger partial charge in [0.1, 0.15) is 5.69 Å². The molecule has 0 unspecified atom stereocenters. The van der Waals surface area contributed by atoms with Gasteiger partial charge in [0.2, 0.25) is 0 Å². The Labute approximate surface area is 181 Å². The zero-order valence-corrected chi connectivity index (χ0v) is 16.8. The van der Waals surface area contributed by atoms with Gasteiger partial charge in [0, 0.05) is 22.0 Å². The molecule has 1 amide bonds. The van der Waals surface area contributed by atoms with Gasteiger partial charge in [-0.2, -0.15) is 0 Å². The van der Waals surface area contributed by atoms with E-state index >= 15 is 0 Å². The SMILES string of the molecule is O=C(Nc1ccccc1[N+](=O)[O-])c1cc(-c2ccc(Cl)cc2Cl)nc2ccccc12. The van der Waals surface area contributed by atoms with Gasteiger partial charge in [-0.1, -0.05) is 53.5 Å². The molecule has 0 spiro atoms. The molecule has 4 rings (SSSR count). The second-order valence-corrected chi connectivity index (χ2v) is 7.27. The van der Waals surface area contributed by atoms with Crippen molar-refractivity contribution in [2.24, 2.45) is 0 Å². The molecule has 0 saturated carbocycles. The van der Waals surface area contributed by atoms with Crippen molar-refractivity contribution in [1.82, 2.24) is 4.98 Å². The number of benzene rings is 3. The van der Waals surface area contributed by atoms with E-state index in [1.54, 1.807) is 48.5 Å². The van der Waals surface area contributed by atoms with E-state index < -0.39 is 10.8 Å². The van der Waals surface area contributed by atoms with Crippen LogP contribution < -0.4 is 5.32 Å². The van der Waals surface area contributed by atoms with Gasteiger partial charge in [-0.05, 0) is 36.4 Å². The molecule has 0 atom stereocenters. The number of carbonyl (C=O) groups excluding carboxylic acids is 1. The van der Waals surface area contributed by atoms with Crippen molar-refractivity contribution >= 4 is 51.4 Å². The number of rotatable bonds is 4. The Bertz CT molecular complexity index is 1310. The first-order chi connectivity index (χ1) is 14.4. The third-order valence-corrected chi connectivity index (χ3v) is 5.06. The highest BCUT2D eigenvalue weighted by Crippen LogP contribution is 2.32. The number of aromatic nitrogens is 1. The summed E-state index contributed by atoms with van der Waals surface area (Å²) >= 11 is 12.3. The summed E-state index contributed by atoms with van der Waals surface area (Å²) in [5.41, 5.74) is 1.94. The lowest BCUT2D eigenvalue weighted by Crippen LogP contribution is -2.14. The fraction of sp³-hybridized carbons (Fsp3) is 0. The average molecular weight is 438 g/mol. The molecule has 6 nitrogen and oxygen atoms in total. The summed E-state index contributed by atoms with van der Waals surface area (Å²) in [6.07, 6.45) is 0. The highest BCUT2D eigenvalue weighted by atomic mass is 35.5. The quantitative estimate of drug-likeness (QED) is 0.296. The minimum absolute atomic E-state index is 0.111. The zero-order chi connectivity index (χ0) is 21.3. The van der Waals surface area contributed by atoms with Gasteiger partial charge < -0.3 is 5.32 Å². The Balaban J connectivity index is 1.84. The molecule has 0 aliphatic carbocycles. The number of hydrogen-bond donors (Lipinski definition) is 1. The van der Waals surface area contributed by atoms with Gasteiger partial charge in [-0.25, -0.2) is 4.98 Å². The third kappa shape index (κ3) is 3.83. The molecule has 148 valence electrons. The predicted octanol–water partition coefficient (Wildman–Crippen LogP) is 6.37. The molecule has 30 heavy (non-hydrogen) atoms. The summed E-state index contributed by atoms with van der Waals surface area (Å²) in [4.78, 5) is 28.5. The maximum atomic E-state index is 13.1. The zero-order valence-electron chi connectivity index (χ0n) is 15.3. The topological polar surface area (TPSA) is 85.1 Å². The minimum Gasteiger partial charge on any atom is -0.316 e. The summed E-state index contributed by atoms with van der Waals surface area (Å²) in [6.45, 7) is 0. The number of hydrogen-bond acceptors (Lipinski definition) is 4. The summed E-state index contributed by atoms with van der Waals surface area (Å²) < 4.78 is 0. The smallest absolute Gasteiger partial charge is 0.292 e. The molecule has 0 radical (unpaired) electrons. The monoisotopic (exact) mass is 437 g/mol. The van der Waals surface area contributed by atoms with E-state index in [0.29, 0.717) is 37.8 Å². The Morgan fingerprint density at radius 1 is 0.967 bits per heavy atom. The van der Waals surface area contributed by atoms with Gasteiger partial charge in [-0.15, -0.1) is 0 Å². The van der Waals surface area contributed by atoms with E-state index in [-0.39, 0.29) is 11.4 Å². The van der Waals surface area contributed by atoms with E-state index in [4.69, 9.17) is 23.2 Å². The van der Waals surface area contributed by atoms with Gasteiger partial charge >= 0.3 is 0 Å². The molecule has 0 aliphatic rings. The number of carbonyl (C=O) groups is 1. The first-order valence-corrected chi connectivity index (χ1v) is 9.59. The Kier molecular flexibility index (Phi) is 5.35. The van der Waals surface area contributed by atoms with Gasteiger partial charge in [-0.3, -0.25) is 14.9 Å². The van der Waals surface area contributed by atoms with Crippen molar-refractivity contribution in [3.63, 3.8) is 0 Å². The van der Waals surface area contributed by atoms with Crippen LogP contribution >= 0.6 is 23.2 Å². The molecular weight excluding hydrogens is 425 g/mol. The van der Waals surface area contributed by atoms with E-state index in [0.717, 1.165) is 0 Å². The standard InChI is InChI=1S/C22H13Cl2N3O3/c23-13-9-10-15(17(24)11-13)20-12-16(14-5-1-2-6-18(14)25-20)22(28)26-19-7-3-4-8-21(19)27(29)30/h1-12H,(H,26,28). The number of para-hydroxylation sites is 3. The lowest BCUT2D eigenvalue weighted by molar-refractivity contribution is -0.383. The minimum atomic E-state index is -0.542. The first kappa shape index (κ1) is 19.8. The molecule has 0 fully saturated rings. The normalized spacial score (nSPS) is 10.7. The van der Waals surface area contributed by atoms with Crippen LogP contribution in [0.2, 0.25) is 10.0 Å². The maximum Gasteiger partial charge on any atom is 0.292 e. The number of fused-ring (bicyclic) bond motifs is 1. The Morgan fingerprint density at radius 2 is 1.70 bits per heavy atom. The second kappa shape index (κ2) is 8.10. The van der Waals surface area contributed by atoms with Gasteiger partial charge in [0.05, 0.1) is 26.7 Å². The van der Waals surface area contributed by atoms with Crippen LogP contribution in [0.3, 0.4) is 0 Å². The lowest BCUT2D eigenvalue weighted by Gasteiger charge is -2.12. The van der Waals surface area contributed by atoms with Crippen molar-refractivity contribution < 1.29 is 9.72 Å². The van der Waals surface area contributed by atoms with Crippen LogP contribution in [0, 0.1) is 10.1 Å². The highest BCUT2D eigenvalue weighted by molar-refractivity contribution is 6.36. The molecule has 1 aromatic heterocycles. The number of nitrogens with zero attached hydrogens (tertiary/aromatic N) is 2. The molecule has 1 heterocycles. The van der Waals surface area contributed by atoms with E-state index in [2.05, 4.69) is 10.3 Å². The van der Waals surface area contributed by atoms with Crippen molar-refractivity contribution in [1.29, 1.82) is 0 Å². The number of pyridine rings is 1. The molecule has 1 N–H and O–H groups in total. The number of amides is 1. The van der Waals surface area contributed by atoms with E-state index in [1.165, 1.54) is 18.2 Å². The number of nitrogens with one attached hydrogen (secondary N) is 1. The van der Waals surface area contributed by atoms with Crippen LogP contribution in [0.15, 0.2) is 72.8 Å². The van der Waals surface area contributed by atoms with Gasteiger partial charge in [0.15, 0.2) is 0 Å². The number of halogens is 2. The number of nitro benzene ring substituents is 1. The van der Waals surface area contributed by atoms with Crippen molar-refractivity contribution in [2.75, 3.05) is 5.32 Å². The molecular formula is C22H13Cl2N3O3. The summed E-state index contributed by atoms with van der Waals surface area (Å²) in [7, 11) is 0. The Morgan fingerprint density at radius 3 is 2.47 bits per heavy atom. The fourth-order valence-electron chi connectivity index (χ4n) is 3.13. The summed E-state index contributed by atoms with van der Waals surface area (Å²) in [5, 5.41) is 15.4. The summed E-state index contributed by atoms with van der Waals surface area (Å²) in [5.74, 6) is -0.491. The maximum absolute atomic E-state index is 13.1. The lowest BCUT2D eigenvalue weighted by atomic mass is 10.0. The number of anilines is 1. The molecule has 8 heteroatoms. The Hall–Kier alpha value is -3.48. The second-order valence-electron chi connectivity index (χ2n) is 6.42. The van der Waals surface area contributed by atoms with E-state index in [1.807, 2.05) is 6.07 Å². The van der Waals surface area contributed by atoms with Gasteiger partial charge in [0.25, 0.3) is 11.6 Å². The predicted molar refractivity (Wildman–Crippen MR) is 118 cm³/mol. The molecule has 0 saturated heterocycles. The van der Waals surface area contributed by atoms with Crippen LogP contribution in [-0.2, 0) is 0 Å². The highest BCUT2D eigenvalue weighted by Gasteiger charge is 2.19. The largest absolute Gasteiger partial charge is 0.316 e. The molecule has 4 aromatic rings. The fourth-order valence-corrected chi connectivity index (χ4v) is 3.63. The van der Waals surface area contributed by atoms with Crippen LogP contribution in [0.1, 0.15) is 10.4 Å². The average Bonchev–Trinajstić information content (AvgIpc) is 2.73. The van der Waals surface area contributed by atoms with Crippen LogP contribution in [-0.4, -0.2) is 15.8 Å². The molecule has 0 bridgehead atoms. The van der Waals surface area contributed by atoms with Crippen molar-refractivity contribution in [2.45, 2.75) is 0 Å². The molecule has 0 aliphatic heterocycles. The van der Waals surface area contributed by atoms with E-state index in [9.17, 15) is 14.9 Å². The molecule has 3 aromatic carbocycles. The van der Waals surface area contributed by atoms with Crippen LogP contribution in [0.4, 0.5) is 11.4 Å². The van der Waals surface area contributed by atoms with Crippen LogP contribution in [0.5, 0.6) is 0 Å². The number of nitro groups is 1. The van der Waals surface area contributed by atoms with Crippen molar-refractivity contribution in [3.05, 3.63) is 98.5 Å². The summed E-state index contributed by atoms with van der Waals surface area (Å²) in [6, 6.07) is 19.8. The van der Waals surface area contributed by atoms with Crippen LogP contribution in [0.25, 0.3) is 22.2 Å².